The summed E-state index contributed by atoms with van der Waals surface area (Å²) in [4.78, 5) is 23.8. The van der Waals surface area contributed by atoms with Crippen LogP contribution in [0.15, 0.2) is 69.7 Å². The Labute approximate surface area is 169 Å². The fourth-order valence-corrected chi connectivity index (χ4v) is 2.59. The summed E-state index contributed by atoms with van der Waals surface area (Å²) in [6, 6.07) is 13.6. The quantitative estimate of drug-likeness (QED) is 0.361. The van der Waals surface area contributed by atoms with E-state index in [1.807, 2.05) is 6.07 Å². The van der Waals surface area contributed by atoms with Gasteiger partial charge in [-0.3, -0.25) is 4.79 Å². The highest BCUT2D eigenvalue weighted by Gasteiger charge is 2.04. The minimum Gasteiger partial charge on any atom is -0.467 e. The Morgan fingerprint density at radius 2 is 1.74 bits per heavy atom. The van der Waals surface area contributed by atoms with E-state index in [4.69, 9.17) is 8.83 Å². The first-order valence-electron chi connectivity index (χ1n) is 8.00. The first-order valence-corrected chi connectivity index (χ1v) is 9.08. The Balaban J connectivity index is 1.47. The maximum Gasteiger partial charge on any atom is 0.319 e. The van der Waals surface area contributed by atoms with E-state index in [0.29, 0.717) is 29.4 Å². The highest BCUT2D eigenvalue weighted by atomic mass is 127. The van der Waals surface area contributed by atoms with Crippen LogP contribution in [0.1, 0.15) is 11.5 Å². The van der Waals surface area contributed by atoms with E-state index in [0.717, 1.165) is 3.77 Å². The number of nitrogens with one attached hydrogen (secondary N) is 3. The molecular formula is C19H16IN3O4. The van der Waals surface area contributed by atoms with Crippen molar-refractivity contribution in [2.45, 2.75) is 6.54 Å². The predicted molar refractivity (Wildman–Crippen MR) is 110 cm³/mol. The molecule has 0 aliphatic carbocycles. The van der Waals surface area contributed by atoms with E-state index in [2.05, 4.69) is 38.5 Å². The van der Waals surface area contributed by atoms with E-state index >= 15 is 0 Å². The van der Waals surface area contributed by atoms with Crippen molar-refractivity contribution in [3.63, 3.8) is 0 Å². The van der Waals surface area contributed by atoms with Crippen LogP contribution in [0.3, 0.4) is 0 Å². The van der Waals surface area contributed by atoms with E-state index in [1.165, 1.54) is 6.08 Å². The molecule has 3 aromatic rings. The Hall–Kier alpha value is -3.01. The second kappa shape index (κ2) is 9.08. The molecule has 138 valence electrons. The lowest BCUT2D eigenvalue weighted by molar-refractivity contribution is -0.111. The normalized spacial score (nSPS) is 10.7. The van der Waals surface area contributed by atoms with Gasteiger partial charge in [-0.05, 0) is 77.2 Å². The van der Waals surface area contributed by atoms with Crippen molar-refractivity contribution in [3.8, 4) is 0 Å². The number of halogens is 1. The van der Waals surface area contributed by atoms with Crippen molar-refractivity contribution in [2.75, 3.05) is 10.6 Å². The largest absolute Gasteiger partial charge is 0.467 e. The van der Waals surface area contributed by atoms with Crippen molar-refractivity contribution >= 4 is 52.0 Å². The van der Waals surface area contributed by atoms with Crippen LogP contribution in [0.5, 0.6) is 0 Å². The van der Waals surface area contributed by atoms with Crippen molar-refractivity contribution in [1.82, 2.24) is 5.32 Å². The Kier molecular flexibility index (Phi) is 6.31. The van der Waals surface area contributed by atoms with Crippen LogP contribution >= 0.6 is 22.6 Å². The first kappa shape index (κ1) is 18.8. The van der Waals surface area contributed by atoms with Gasteiger partial charge in [0.1, 0.15) is 11.5 Å². The fourth-order valence-electron chi connectivity index (χ4n) is 2.15. The van der Waals surface area contributed by atoms with Crippen LogP contribution in [0.2, 0.25) is 0 Å². The first-order chi connectivity index (χ1) is 13.1. The van der Waals surface area contributed by atoms with E-state index in [1.54, 1.807) is 54.8 Å². The van der Waals surface area contributed by atoms with Gasteiger partial charge in [-0.25, -0.2) is 4.79 Å². The average molecular weight is 477 g/mol. The molecule has 8 heteroatoms. The van der Waals surface area contributed by atoms with Gasteiger partial charge >= 0.3 is 6.03 Å². The van der Waals surface area contributed by atoms with Gasteiger partial charge in [-0.2, -0.15) is 0 Å². The van der Waals surface area contributed by atoms with Gasteiger partial charge in [0.15, 0.2) is 3.77 Å². The lowest BCUT2D eigenvalue weighted by Crippen LogP contribution is -2.27. The molecular weight excluding hydrogens is 461 g/mol. The van der Waals surface area contributed by atoms with Gasteiger partial charge < -0.3 is 24.8 Å². The minimum absolute atomic E-state index is 0.279. The summed E-state index contributed by atoms with van der Waals surface area (Å²) < 4.78 is 11.2. The third-order valence-corrected chi connectivity index (χ3v) is 3.99. The molecule has 2 aromatic heterocycles. The topological polar surface area (TPSA) is 96.5 Å². The summed E-state index contributed by atoms with van der Waals surface area (Å²) in [5.41, 5.74) is 1.21. The third-order valence-electron chi connectivity index (χ3n) is 3.41. The zero-order chi connectivity index (χ0) is 19.1. The van der Waals surface area contributed by atoms with E-state index < -0.39 is 0 Å². The minimum atomic E-state index is -0.348. The number of amides is 3. The van der Waals surface area contributed by atoms with Crippen LogP contribution in [0.4, 0.5) is 16.2 Å². The maximum atomic E-state index is 11.9. The number of furan rings is 2. The van der Waals surface area contributed by atoms with Crippen molar-refractivity contribution in [1.29, 1.82) is 0 Å². The monoisotopic (exact) mass is 477 g/mol. The lowest BCUT2D eigenvalue weighted by atomic mass is 10.2. The standard InChI is InChI=1S/C19H16IN3O4/c20-17-9-7-15(27-17)8-10-18(24)22-13-3-5-14(6-4-13)23-19(25)21-12-16-2-1-11-26-16/h1-11H,12H2,(H,22,24)(H2,21,23,25)/b10-8+. The number of carbonyl (C=O) groups excluding carboxylic acids is 2. The summed E-state index contributed by atoms with van der Waals surface area (Å²) in [5.74, 6) is 0.994. The highest BCUT2D eigenvalue weighted by Crippen LogP contribution is 2.14. The smallest absolute Gasteiger partial charge is 0.319 e. The van der Waals surface area contributed by atoms with Crippen LogP contribution in [0, 0.1) is 3.77 Å². The summed E-state index contributed by atoms with van der Waals surface area (Å²) in [6.45, 7) is 0.300. The molecule has 1 aromatic carbocycles. The lowest BCUT2D eigenvalue weighted by Gasteiger charge is -2.08. The van der Waals surface area contributed by atoms with Crippen molar-refractivity contribution in [3.05, 3.63) is 76.2 Å². The molecule has 3 amide bonds. The number of benzene rings is 1. The summed E-state index contributed by atoms with van der Waals surface area (Å²) >= 11 is 2.05. The van der Waals surface area contributed by atoms with E-state index in [-0.39, 0.29) is 11.9 Å². The van der Waals surface area contributed by atoms with Gasteiger partial charge in [-0.15, -0.1) is 0 Å². The fraction of sp³-hybridized carbons (Fsp3) is 0.0526. The Morgan fingerprint density at radius 1 is 1.00 bits per heavy atom. The zero-order valence-corrected chi connectivity index (χ0v) is 16.2. The van der Waals surface area contributed by atoms with Crippen LogP contribution in [-0.4, -0.2) is 11.9 Å². The molecule has 27 heavy (non-hydrogen) atoms. The molecule has 0 aliphatic heterocycles. The Bertz CT molecular complexity index is 930. The molecule has 0 radical (unpaired) electrons. The number of rotatable bonds is 6. The number of hydrogen-bond acceptors (Lipinski definition) is 4. The number of anilines is 2. The third kappa shape index (κ3) is 6.03. The van der Waals surface area contributed by atoms with Gasteiger partial charge in [0.25, 0.3) is 0 Å². The van der Waals surface area contributed by atoms with Crippen LogP contribution in [-0.2, 0) is 11.3 Å². The Morgan fingerprint density at radius 3 is 2.37 bits per heavy atom. The average Bonchev–Trinajstić information content (AvgIpc) is 3.31. The van der Waals surface area contributed by atoms with Gasteiger partial charge in [0, 0.05) is 17.5 Å². The van der Waals surface area contributed by atoms with Gasteiger partial charge in [-0.1, -0.05) is 0 Å². The molecule has 0 spiro atoms. The molecule has 0 aliphatic rings. The number of carbonyl (C=O) groups is 2. The molecule has 0 saturated heterocycles. The molecule has 0 fully saturated rings. The second-order valence-corrected chi connectivity index (χ2v) is 6.49. The maximum absolute atomic E-state index is 11.9. The highest BCUT2D eigenvalue weighted by molar-refractivity contribution is 14.1. The van der Waals surface area contributed by atoms with Crippen LogP contribution in [0.25, 0.3) is 6.08 Å². The molecule has 2 heterocycles. The summed E-state index contributed by atoms with van der Waals surface area (Å²) in [6.07, 6.45) is 4.53. The van der Waals surface area contributed by atoms with E-state index in [9.17, 15) is 9.59 Å². The molecule has 0 atom stereocenters. The molecule has 0 bridgehead atoms. The van der Waals surface area contributed by atoms with Gasteiger partial charge in [0.2, 0.25) is 5.91 Å². The molecule has 3 N–H and O–H groups in total. The molecule has 0 unspecified atom stereocenters. The molecule has 0 saturated carbocycles. The number of hydrogen-bond donors (Lipinski definition) is 3. The number of urea groups is 1. The SMILES string of the molecule is O=C(/C=C/c1ccc(I)o1)Nc1ccc(NC(=O)NCc2ccco2)cc1. The van der Waals surface area contributed by atoms with Crippen molar-refractivity contribution in [2.24, 2.45) is 0 Å². The van der Waals surface area contributed by atoms with Gasteiger partial charge in [0.05, 0.1) is 12.8 Å². The van der Waals surface area contributed by atoms with Crippen LogP contribution < -0.4 is 16.0 Å². The predicted octanol–water partition coefficient (Wildman–Crippen LogP) is 4.45. The van der Waals surface area contributed by atoms with Crippen molar-refractivity contribution < 1.29 is 18.4 Å². The summed E-state index contributed by atoms with van der Waals surface area (Å²) in [7, 11) is 0. The molecule has 7 nitrogen and oxygen atoms in total. The second-order valence-electron chi connectivity index (χ2n) is 5.43. The molecule has 3 rings (SSSR count). The summed E-state index contributed by atoms with van der Waals surface area (Å²) in [5, 5.41) is 8.12. The zero-order valence-electron chi connectivity index (χ0n) is 14.1.